The normalized spacial score (nSPS) is 20.9. The molecule has 0 amide bonds. The van der Waals surface area contributed by atoms with Gasteiger partial charge in [-0.05, 0) is 12.6 Å². The summed E-state index contributed by atoms with van der Waals surface area (Å²) in [7, 11) is 0. The minimum absolute atomic E-state index is 0.00276. The van der Waals surface area contributed by atoms with E-state index in [2.05, 4.69) is 11.8 Å². The van der Waals surface area contributed by atoms with Gasteiger partial charge in [-0.2, -0.15) is 0 Å². The lowest BCUT2D eigenvalue weighted by molar-refractivity contribution is -0.0466. The van der Waals surface area contributed by atoms with Crippen LogP contribution in [0, 0.1) is 0 Å². The third kappa shape index (κ3) is 3.45. The van der Waals surface area contributed by atoms with Crippen LogP contribution in [-0.4, -0.2) is 49.0 Å². The summed E-state index contributed by atoms with van der Waals surface area (Å²) in [6, 6.07) is 7.56. The minimum atomic E-state index is 0.00276. The maximum absolute atomic E-state index is 9.22. The summed E-state index contributed by atoms with van der Waals surface area (Å²) >= 11 is 0. The van der Waals surface area contributed by atoms with Crippen molar-refractivity contribution in [3.8, 4) is 5.75 Å². The predicted octanol–water partition coefficient (Wildman–Crippen LogP) is 1.28. The monoisotopic (exact) mass is 251 g/mol. The van der Waals surface area contributed by atoms with E-state index in [1.165, 1.54) is 0 Å². The fourth-order valence-electron chi connectivity index (χ4n) is 2.13. The Morgan fingerprint density at radius 1 is 1.44 bits per heavy atom. The highest BCUT2D eigenvalue weighted by Crippen LogP contribution is 2.18. The summed E-state index contributed by atoms with van der Waals surface area (Å²) in [4.78, 5) is 2.36. The molecule has 1 N–H and O–H groups in total. The fraction of sp³-hybridized carbons (Fsp3) is 0.571. The van der Waals surface area contributed by atoms with Gasteiger partial charge in [0.25, 0.3) is 0 Å². The summed E-state index contributed by atoms with van der Waals surface area (Å²) in [6.07, 6.45) is 0.116. The van der Waals surface area contributed by atoms with Gasteiger partial charge in [0.05, 0.1) is 13.2 Å². The van der Waals surface area contributed by atoms with Crippen molar-refractivity contribution >= 4 is 0 Å². The summed E-state index contributed by atoms with van der Waals surface area (Å²) in [6.45, 7) is 6.43. The lowest BCUT2D eigenvalue weighted by Gasteiger charge is -2.32. The summed E-state index contributed by atoms with van der Waals surface area (Å²) in [5.41, 5.74) is 0.820. The highest BCUT2D eigenvalue weighted by atomic mass is 16.5. The molecule has 0 radical (unpaired) electrons. The van der Waals surface area contributed by atoms with Crippen LogP contribution >= 0.6 is 0 Å². The van der Waals surface area contributed by atoms with E-state index < -0.39 is 0 Å². The third-order valence-corrected chi connectivity index (χ3v) is 3.24. The number of aliphatic hydroxyl groups is 1. The van der Waals surface area contributed by atoms with Crippen LogP contribution in [0.25, 0.3) is 0 Å². The molecule has 0 aromatic heterocycles. The number of ether oxygens (including phenoxy) is 2. The van der Waals surface area contributed by atoms with Crippen molar-refractivity contribution in [1.29, 1.82) is 0 Å². The Kier molecular flexibility index (Phi) is 4.99. The number of hydrogen-bond donors (Lipinski definition) is 1. The number of aliphatic hydroxyl groups excluding tert-OH is 1. The van der Waals surface area contributed by atoms with Gasteiger partial charge >= 0.3 is 0 Å². The molecule has 1 unspecified atom stereocenters. The Bertz CT molecular complexity index is 370. The van der Waals surface area contributed by atoms with Gasteiger partial charge in [0.15, 0.2) is 0 Å². The molecule has 4 heteroatoms. The number of para-hydroxylation sites is 1. The lowest BCUT2D eigenvalue weighted by Crippen LogP contribution is -2.44. The highest BCUT2D eigenvalue weighted by Gasteiger charge is 2.20. The number of morpholine rings is 1. The van der Waals surface area contributed by atoms with E-state index >= 15 is 0 Å². The molecule has 4 nitrogen and oxygen atoms in total. The van der Waals surface area contributed by atoms with Crippen molar-refractivity contribution in [3.63, 3.8) is 0 Å². The van der Waals surface area contributed by atoms with Crippen molar-refractivity contribution in [3.05, 3.63) is 29.8 Å². The molecule has 1 atom stereocenters. The first-order valence-corrected chi connectivity index (χ1v) is 6.49. The topological polar surface area (TPSA) is 41.9 Å². The molecule has 1 heterocycles. The van der Waals surface area contributed by atoms with E-state index in [1.807, 2.05) is 24.3 Å². The maximum atomic E-state index is 9.22. The third-order valence-electron chi connectivity index (χ3n) is 3.24. The van der Waals surface area contributed by atoms with Gasteiger partial charge in [-0.15, -0.1) is 0 Å². The SMILES string of the molecule is CCN1CCOC(COc2ccccc2CO)C1. The van der Waals surface area contributed by atoms with E-state index in [1.54, 1.807) is 0 Å². The predicted molar refractivity (Wildman–Crippen MR) is 69.7 cm³/mol. The first kappa shape index (κ1) is 13.3. The Labute approximate surface area is 108 Å². The summed E-state index contributed by atoms with van der Waals surface area (Å²) in [5.74, 6) is 0.747. The van der Waals surface area contributed by atoms with Gasteiger partial charge in [0, 0.05) is 18.7 Å². The molecule has 0 bridgehead atoms. The lowest BCUT2D eigenvalue weighted by atomic mass is 10.2. The van der Waals surface area contributed by atoms with Crippen LogP contribution in [0.5, 0.6) is 5.75 Å². The largest absolute Gasteiger partial charge is 0.490 e. The first-order chi connectivity index (χ1) is 8.83. The van der Waals surface area contributed by atoms with Gasteiger partial charge in [-0.1, -0.05) is 25.1 Å². The second kappa shape index (κ2) is 6.73. The molecule has 0 aliphatic carbocycles. The number of hydrogen-bond acceptors (Lipinski definition) is 4. The van der Waals surface area contributed by atoms with Crippen molar-refractivity contribution in [1.82, 2.24) is 4.90 Å². The molecule has 1 aromatic carbocycles. The van der Waals surface area contributed by atoms with Crippen LogP contribution < -0.4 is 4.74 Å². The minimum Gasteiger partial charge on any atom is -0.490 e. The number of rotatable bonds is 5. The maximum Gasteiger partial charge on any atom is 0.124 e. The van der Waals surface area contributed by atoms with Gasteiger partial charge in [0.1, 0.15) is 18.5 Å². The molecular weight excluding hydrogens is 230 g/mol. The van der Waals surface area contributed by atoms with Crippen LogP contribution in [0.1, 0.15) is 12.5 Å². The zero-order valence-electron chi connectivity index (χ0n) is 10.8. The zero-order valence-corrected chi connectivity index (χ0v) is 10.8. The van der Waals surface area contributed by atoms with Crippen molar-refractivity contribution in [2.24, 2.45) is 0 Å². The molecule has 1 aliphatic heterocycles. The number of likely N-dealkylation sites (N-methyl/N-ethyl adjacent to an activating group) is 1. The van der Waals surface area contributed by atoms with Gasteiger partial charge in [0.2, 0.25) is 0 Å². The molecule has 1 saturated heterocycles. The molecule has 0 spiro atoms. The standard InChI is InChI=1S/C14H21NO3/c1-2-15-7-8-17-13(9-15)11-18-14-6-4-3-5-12(14)10-16/h3-6,13,16H,2,7-11H2,1H3. The number of benzene rings is 1. The molecule has 1 fully saturated rings. The van der Waals surface area contributed by atoms with Crippen molar-refractivity contribution in [2.45, 2.75) is 19.6 Å². The summed E-state index contributed by atoms with van der Waals surface area (Å²) in [5, 5.41) is 9.22. The molecular formula is C14H21NO3. The van der Waals surface area contributed by atoms with Crippen molar-refractivity contribution in [2.75, 3.05) is 32.8 Å². The molecule has 0 saturated carbocycles. The molecule has 100 valence electrons. The molecule has 1 aromatic rings. The Morgan fingerprint density at radius 2 is 2.28 bits per heavy atom. The molecule has 1 aliphatic rings. The number of nitrogens with zero attached hydrogens (tertiary/aromatic N) is 1. The first-order valence-electron chi connectivity index (χ1n) is 6.49. The van der Waals surface area contributed by atoms with Crippen LogP contribution in [0.3, 0.4) is 0 Å². The average molecular weight is 251 g/mol. The molecule has 2 rings (SSSR count). The van der Waals surface area contributed by atoms with Crippen LogP contribution in [0.15, 0.2) is 24.3 Å². The Balaban J connectivity index is 1.87. The smallest absolute Gasteiger partial charge is 0.124 e. The van der Waals surface area contributed by atoms with Crippen LogP contribution in [-0.2, 0) is 11.3 Å². The van der Waals surface area contributed by atoms with E-state index in [-0.39, 0.29) is 12.7 Å². The van der Waals surface area contributed by atoms with Crippen molar-refractivity contribution < 1.29 is 14.6 Å². The van der Waals surface area contributed by atoms with Gasteiger partial charge in [-0.3, -0.25) is 4.90 Å². The second-order valence-electron chi connectivity index (χ2n) is 4.46. The summed E-state index contributed by atoms with van der Waals surface area (Å²) < 4.78 is 11.4. The van der Waals surface area contributed by atoms with E-state index in [4.69, 9.17) is 9.47 Å². The second-order valence-corrected chi connectivity index (χ2v) is 4.46. The van der Waals surface area contributed by atoms with Crippen LogP contribution in [0.2, 0.25) is 0 Å². The zero-order chi connectivity index (χ0) is 12.8. The Hall–Kier alpha value is -1.10. The fourth-order valence-corrected chi connectivity index (χ4v) is 2.13. The molecule has 18 heavy (non-hydrogen) atoms. The average Bonchev–Trinajstić information content (AvgIpc) is 2.45. The van der Waals surface area contributed by atoms with E-state index in [0.29, 0.717) is 6.61 Å². The van der Waals surface area contributed by atoms with Gasteiger partial charge in [-0.25, -0.2) is 0 Å². The van der Waals surface area contributed by atoms with E-state index in [0.717, 1.165) is 37.6 Å². The van der Waals surface area contributed by atoms with Crippen LogP contribution in [0.4, 0.5) is 0 Å². The van der Waals surface area contributed by atoms with Gasteiger partial charge < -0.3 is 14.6 Å². The van der Waals surface area contributed by atoms with E-state index in [9.17, 15) is 5.11 Å². The quantitative estimate of drug-likeness (QED) is 0.856. The highest BCUT2D eigenvalue weighted by molar-refractivity contribution is 5.32. The Morgan fingerprint density at radius 3 is 3.06 bits per heavy atom.